The third kappa shape index (κ3) is 6.14. The second-order valence-corrected chi connectivity index (χ2v) is 5.50. The summed E-state index contributed by atoms with van der Waals surface area (Å²) in [4.78, 5) is 4.71. The van der Waals surface area contributed by atoms with Crippen LogP contribution in [0.2, 0.25) is 0 Å². The van der Waals surface area contributed by atoms with Crippen molar-refractivity contribution in [3.05, 3.63) is 49.9 Å². The molecule has 127 valence electrons. The number of fused-ring (bicyclic) bond motifs is 1. The molecule has 1 aromatic carbocycles. The van der Waals surface area contributed by atoms with E-state index in [1.165, 1.54) is 5.56 Å². The van der Waals surface area contributed by atoms with E-state index in [0.29, 0.717) is 6.42 Å². The number of halogens is 1. The van der Waals surface area contributed by atoms with Crippen molar-refractivity contribution in [1.82, 2.24) is 4.98 Å². The maximum absolute atomic E-state index is 14.3. The van der Waals surface area contributed by atoms with Crippen LogP contribution >= 0.6 is 0 Å². The first kappa shape index (κ1) is 27.0. The molecule has 1 aliphatic rings. The van der Waals surface area contributed by atoms with Crippen molar-refractivity contribution >= 4 is 10.9 Å². The van der Waals surface area contributed by atoms with E-state index in [-0.39, 0.29) is 105 Å². The zero-order valence-electron chi connectivity index (χ0n) is 13.6. The minimum absolute atomic E-state index is 0. The molecule has 0 bridgehead atoms. The van der Waals surface area contributed by atoms with Gasteiger partial charge in [0.05, 0.1) is 0 Å². The molecule has 0 saturated heterocycles. The van der Waals surface area contributed by atoms with Gasteiger partial charge in [-0.25, -0.2) is 4.39 Å². The Morgan fingerprint density at radius 2 is 1.83 bits per heavy atom. The number of hydrogen-bond acceptors (Lipinski definition) is 0. The Balaban J connectivity index is 0. The van der Waals surface area contributed by atoms with Gasteiger partial charge in [0.25, 0.3) is 0 Å². The molecule has 23 heavy (non-hydrogen) atoms. The van der Waals surface area contributed by atoms with Crippen molar-refractivity contribution in [1.29, 1.82) is 0 Å². The maximum atomic E-state index is 14.3. The Bertz CT molecular complexity index is 575. The number of rotatable bonds is 3. The minimum atomic E-state index is -0.704. The molecule has 1 fully saturated rings. The van der Waals surface area contributed by atoms with Crippen LogP contribution in [-0.2, 0) is 60.2 Å². The first-order valence-corrected chi connectivity index (χ1v) is 7.28. The predicted octanol–water partition coefficient (Wildman–Crippen LogP) is 5.00. The van der Waals surface area contributed by atoms with Crippen LogP contribution in [0.1, 0.15) is 49.3 Å². The van der Waals surface area contributed by atoms with Crippen LogP contribution in [0.15, 0.2) is 24.3 Å². The molecule has 0 spiro atoms. The fourth-order valence-corrected chi connectivity index (χ4v) is 3.34. The van der Waals surface area contributed by atoms with Gasteiger partial charge in [-0.15, -0.1) is 5.52 Å². The van der Waals surface area contributed by atoms with Crippen molar-refractivity contribution < 1.29 is 95.9 Å². The van der Waals surface area contributed by atoms with Crippen LogP contribution in [-0.4, -0.2) is 6.17 Å². The first-order chi connectivity index (χ1) is 9.31. The average Bonchev–Trinajstić information content (AvgIpc) is 2.78. The average molecular weight is 585 g/mol. The first-order valence-electron chi connectivity index (χ1n) is 7.28. The van der Waals surface area contributed by atoms with Crippen molar-refractivity contribution in [2.24, 2.45) is 0 Å². The van der Waals surface area contributed by atoms with Crippen LogP contribution in [0.25, 0.3) is 10.9 Å². The third-order valence-corrected chi connectivity index (χ3v) is 4.23. The van der Waals surface area contributed by atoms with Crippen LogP contribution in [0.5, 0.6) is 0 Å². The summed E-state index contributed by atoms with van der Waals surface area (Å²) >= 11 is 0. The second-order valence-electron chi connectivity index (χ2n) is 5.50. The zero-order chi connectivity index (χ0) is 13.2. The van der Waals surface area contributed by atoms with Gasteiger partial charge in [-0.3, -0.25) is 0 Å². The molecule has 5 heteroatoms. The molecule has 0 aliphatic heterocycles. The largest absolute Gasteiger partial charge is 0.661 e. The summed E-state index contributed by atoms with van der Waals surface area (Å²) in [5.41, 5.74) is 3.26. The molecule has 1 radical (unpaired) electrons. The number of para-hydroxylation sites is 1. The summed E-state index contributed by atoms with van der Waals surface area (Å²) < 4.78 is 14.3. The summed E-state index contributed by atoms with van der Waals surface area (Å²) in [6, 6.07) is 8.14. The molecule has 1 unspecified atom stereocenters. The van der Waals surface area contributed by atoms with Crippen LogP contribution in [0.4, 0.5) is 4.39 Å². The summed E-state index contributed by atoms with van der Waals surface area (Å²) in [6.45, 7) is 3.92. The standard InChI is InChI=1S/C17H20FN.CH3.Ar.W.Y/c1-2-7-16-17(12-8-3-5-10-14(12)18)13-9-4-6-11-15(13)19-16;;;;/h4,6,9,11-12,14H,1-3,5,7-8,10H2;1H3;;;/q-2;-1;;;/t12?,14-;;;;/m0..../s1. The Morgan fingerprint density at radius 1 is 1.17 bits per heavy atom. The molecule has 1 aliphatic carbocycles. The third-order valence-electron chi connectivity index (χ3n) is 4.23. The van der Waals surface area contributed by atoms with Gasteiger partial charge in [-0.05, 0) is 18.2 Å². The summed E-state index contributed by atoms with van der Waals surface area (Å²) in [6.07, 6.45) is 4.79. The Kier molecular flexibility index (Phi) is 15.2. The molecule has 3 rings (SSSR count). The van der Waals surface area contributed by atoms with Gasteiger partial charge >= 0.3 is 0 Å². The van der Waals surface area contributed by atoms with Gasteiger partial charge in [0.2, 0.25) is 0 Å². The number of alkyl halides is 1. The van der Waals surface area contributed by atoms with Crippen molar-refractivity contribution in [3.63, 3.8) is 0 Å². The fraction of sp³-hybridized carbons (Fsp3) is 0.444. The Morgan fingerprint density at radius 3 is 2.48 bits per heavy atom. The molecule has 1 aromatic heterocycles. The molecule has 0 amide bonds. The van der Waals surface area contributed by atoms with Gasteiger partial charge in [0, 0.05) is 97.4 Å². The molecule has 2 atom stereocenters. The second kappa shape index (κ2) is 13.0. The van der Waals surface area contributed by atoms with E-state index in [0.717, 1.165) is 48.7 Å². The topological polar surface area (TPSA) is 14.1 Å². The van der Waals surface area contributed by atoms with Crippen LogP contribution in [0.3, 0.4) is 0 Å². The van der Waals surface area contributed by atoms with Crippen LogP contribution < -0.4 is 4.98 Å². The number of hydrogen-bond donors (Lipinski definition) is 0. The van der Waals surface area contributed by atoms with Gasteiger partial charge in [0.15, 0.2) is 0 Å². The van der Waals surface area contributed by atoms with Crippen molar-refractivity contribution in [2.75, 3.05) is 0 Å². The quantitative estimate of drug-likeness (QED) is 0.463. The monoisotopic (exact) mass is 585 g/mol. The molecule has 0 N–H and O–H groups in total. The van der Waals surface area contributed by atoms with Gasteiger partial charge in [0.1, 0.15) is 6.17 Å². The maximum Gasteiger partial charge on any atom is 0.107 e. The number of aromatic nitrogens is 1. The number of aryl methyl sites for hydroxylation is 1. The predicted molar refractivity (Wildman–Crippen MR) is 83.5 cm³/mol. The summed E-state index contributed by atoms with van der Waals surface area (Å²) in [7, 11) is 0. The van der Waals surface area contributed by atoms with E-state index in [9.17, 15) is 4.39 Å². The summed E-state index contributed by atoms with van der Waals surface area (Å²) in [5, 5.41) is 1.15. The minimum Gasteiger partial charge on any atom is -0.661 e. The zero-order valence-corrected chi connectivity index (χ0v) is 20.1. The smallest absolute Gasteiger partial charge is 0.107 e. The van der Waals surface area contributed by atoms with E-state index in [1.54, 1.807) is 0 Å². The molecule has 1 saturated carbocycles. The van der Waals surface area contributed by atoms with Crippen LogP contribution in [0, 0.1) is 52.1 Å². The Hall–Kier alpha value is 1.74. The molecular formula is C18H23ArFNWY-3. The van der Waals surface area contributed by atoms with Gasteiger partial charge < -0.3 is 19.3 Å². The molecular weight excluding hydrogens is 562 g/mol. The molecule has 1 nitrogen and oxygen atoms in total. The molecule has 1 heterocycles. The SMILES string of the molecule is [Ar].[CH2-]CCc1[n-]c2ccccc2c1C1CCCC[C@@H]1F.[CH3-].[W].[Y]. The van der Waals surface area contributed by atoms with Gasteiger partial charge in [-0.1, -0.05) is 49.1 Å². The van der Waals surface area contributed by atoms with E-state index >= 15 is 0 Å². The normalized spacial score (nSPS) is 19.7. The van der Waals surface area contributed by atoms with Crippen molar-refractivity contribution in [2.45, 2.75) is 50.6 Å². The van der Waals surface area contributed by atoms with Gasteiger partial charge in [-0.2, -0.15) is 12.1 Å². The molecule has 2 aromatic rings. The van der Waals surface area contributed by atoms with E-state index < -0.39 is 6.17 Å². The van der Waals surface area contributed by atoms with Crippen molar-refractivity contribution in [3.8, 4) is 0 Å². The van der Waals surface area contributed by atoms with E-state index in [2.05, 4.69) is 13.0 Å². The number of benzene rings is 1. The Labute approximate surface area is 209 Å². The van der Waals surface area contributed by atoms with E-state index in [4.69, 9.17) is 4.98 Å². The van der Waals surface area contributed by atoms with E-state index in [1.807, 2.05) is 18.2 Å². The number of nitrogens with zero attached hydrogens (tertiary/aromatic N) is 1. The summed E-state index contributed by atoms with van der Waals surface area (Å²) in [5.74, 6) is 0.0442. The fourth-order valence-electron chi connectivity index (χ4n) is 3.34.